The van der Waals surface area contributed by atoms with Gasteiger partial charge in [0, 0.05) is 5.56 Å². The maximum Gasteiger partial charge on any atom is 0.338 e. The van der Waals surface area contributed by atoms with Crippen LogP contribution in [-0.2, 0) is 11.3 Å². The fourth-order valence-electron chi connectivity index (χ4n) is 2.16. The van der Waals surface area contributed by atoms with E-state index in [0.717, 1.165) is 0 Å². The summed E-state index contributed by atoms with van der Waals surface area (Å²) in [6, 6.07) is 10.9. The van der Waals surface area contributed by atoms with E-state index in [9.17, 15) is 14.4 Å². The lowest BCUT2D eigenvalue weighted by atomic mass is 10.0. The first-order chi connectivity index (χ1) is 11.4. The number of carboxylic acid groups (broad SMARTS) is 1. The minimum Gasteiger partial charge on any atom is -0.489 e. The van der Waals surface area contributed by atoms with Gasteiger partial charge in [-0.2, -0.15) is 0 Å². The lowest BCUT2D eigenvalue weighted by Gasteiger charge is -2.10. The minimum absolute atomic E-state index is 0.126. The Kier molecular flexibility index (Phi) is 5.31. The second kappa shape index (κ2) is 7.41. The number of ketones is 1. The average Bonchev–Trinajstić information content (AvgIpc) is 2.59. The molecule has 124 valence electrons. The van der Waals surface area contributed by atoms with Crippen molar-refractivity contribution in [2.45, 2.75) is 13.5 Å². The van der Waals surface area contributed by atoms with E-state index in [0.29, 0.717) is 11.3 Å². The number of carbonyl (C=O) groups is 3. The van der Waals surface area contributed by atoms with Crippen LogP contribution in [0, 0.1) is 0 Å². The van der Waals surface area contributed by atoms with Crippen molar-refractivity contribution in [2.75, 3.05) is 7.11 Å². The van der Waals surface area contributed by atoms with E-state index in [1.807, 2.05) is 0 Å². The number of ether oxygens (including phenoxy) is 2. The average molecular weight is 328 g/mol. The van der Waals surface area contributed by atoms with Gasteiger partial charge < -0.3 is 14.6 Å². The van der Waals surface area contributed by atoms with E-state index in [2.05, 4.69) is 4.74 Å². The molecule has 0 aliphatic heterocycles. The number of methoxy groups -OCH3 is 1. The van der Waals surface area contributed by atoms with Gasteiger partial charge in [-0.25, -0.2) is 9.59 Å². The molecule has 0 spiro atoms. The van der Waals surface area contributed by atoms with E-state index < -0.39 is 11.9 Å². The molecule has 6 nitrogen and oxygen atoms in total. The van der Waals surface area contributed by atoms with Gasteiger partial charge in [-0.05, 0) is 42.8 Å². The van der Waals surface area contributed by atoms with E-state index >= 15 is 0 Å². The van der Waals surface area contributed by atoms with E-state index in [1.54, 1.807) is 18.2 Å². The first-order valence-corrected chi connectivity index (χ1v) is 7.10. The highest BCUT2D eigenvalue weighted by atomic mass is 16.5. The lowest BCUT2D eigenvalue weighted by molar-refractivity contribution is 0.0596. The molecule has 2 aromatic rings. The minimum atomic E-state index is -1.02. The summed E-state index contributed by atoms with van der Waals surface area (Å²) in [4.78, 5) is 34.3. The summed E-state index contributed by atoms with van der Waals surface area (Å²) < 4.78 is 10.3. The topological polar surface area (TPSA) is 89.9 Å². The van der Waals surface area contributed by atoms with Gasteiger partial charge in [0.2, 0.25) is 0 Å². The number of carboxylic acids is 1. The molecule has 2 aromatic carbocycles. The van der Waals surface area contributed by atoms with Crippen LogP contribution in [0.15, 0.2) is 42.5 Å². The van der Waals surface area contributed by atoms with Gasteiger partial charge in [0.1, 0.15) is 12.4 Å². The van der Waals surface area contributed by atoms with Gasteiger partial charge in [0.25, 0.3) is 0 Å². The first kappa shape index (κ1) is 17.2. The molecule has 1 N–H and O–H groups in total. The number of hydrogen-bond acceptors (Lipinski definition) is 5. The molecule has 0 fully saturated rings. The fourth-order valence-corrected chi connectivity index (χ4v) is 2.16. The zero-order chi connectivity index (χ0) is 17.7. The number of benzene rings is 2. The standard InChI is InChI=1S/C18H16O6/c1-11(19)15-7-6-14(9-16(15)18(22)23-2)24-10-12-4-3-5-13(8-12)17(20)21/h3-9H,10H2,1-2H3,(H,20,21). The Morgan fingerprint density at radius 3 is 2.42 bits per heavy atom. The Hall–Kier alpha value is -3.15. The highest BCUT2D eigenvalue weighted by Gasteiger charge is 2.16. The number of esters is 1. The smallest absolute Gasteiger partial charge is 0.338 e. The van der Waals surface area contributed by atoms with E-state index in [1.165, 1.54) is 38.3 Å². The summed E-state index contributed by atoms with van der Waals surface area (Å²) in [6.45, 7) is 1.49. The van der Waals surface area contributed by atoms with Gasteiger partial charge >= 0.3 is 11.9 Å². The molecule has 6 heteroatoms. The summed E-state index contributed by atoms with van der Waals surface area (Å²) in [5, 5.41) is 8.98. The van der Waals surface area contributed by atoms with Gasteiger partial charge in [-0.1, -0.05) is 12.1 Å². The van der Waals surface area contributed by atoms with Crippen LogP contribution in [-0.4, -0.2) is 29.9 Å². The van der Waals surface area contributed by atoms with Gasteiger partial charge in [-0.15, -0.1) is 0 Å². The van der Waals surface area contributed by atoms with Crippen molar-refractivity contribution in [2.24, 2.45) is 0 Å². The second-order valence-electron chi connectivity index (χ2n) is 5.05. The molecule has 0 radical (unpaired) electrons. The van der Waals surface area contributed by atoms with Crippen molar-refractivity contribution in [1.29, 1.82) is 0 Å². The normalized spacial score (nSPS) is 10.1. The second-order valence-corrected chi connectivity index (χ2v) is 5.05. The number of hydrogen-bond donors (Lipinski definition) is 1. The molecular formula is C18H16O6. The van der Waals surface area contributed by atoms with Crippen molar-refractivity contribution in [3.63, 3.8) is 0 Å². The molecule has 24 heavy (non-hydrogen) atoms. The molecule has 0 saturated heterocycles. The van der Waals surface area contributed by atoms with Crippen LogP contribution in [0.5, 0.6) is 5.75 Å². The van der Waals surface area contributed by atoms with Crippen LogP contribution in [0.1, 0.15) is 43.6 Å². The maximum absolute atomic E-state index is 11.8. The zero-order valence-electron chi connectivity index (χ0n) is 13.2. The highest BCUT2D eigenvalue weighted by Crippen LogP contribution is 2.21. The van der Waals surface area contributed by atoms with Crippen LogP contribution in [0.4, 0.5) is 0 Å². The SMILES string of the molecule is COC(=O)c1cc(OCc2cccc(C(=O)O)c2)ccc1C(C)=O. The molecule has 0 amide bonds. The highest BCUT2D eigenvalue weighted by molar-refractivity contribution is 6.05. The Labute approximate surface area is 138 Å². The summed E-state index contributed by atoms with van der Waals surface area (Å²) in [5.41, 5.74) is 1.22. The van der Waals surface area contributed by atoms with Crippen LogP contribution < -0.4 is 4.74 Å². The number of Topliss-reactive ketones (excluding diaryl/α,β-unsaturated/α-hetero) is 1. The predicted octanol–water partition coefficient (Wildman–Crippen LogP) is 2.95. The van der Waals surface area contributed by atoms with Crippen molar-refractivity contribution in [3.8, 4) is 5.75 Å². The van der Waals surface area contributed by atoms with Gasteiger partial charge in [0.15, 0.2) is 5.78 Å². The number of aromatic carboxylic acids is 1. The van der Waals surface area contributed by atoms with Gasteiger partial charge in [-0.3, -0.25) is 4.79 Å². The number of rotatable bonds is 6. The van der Waals surface area contributed by atoms with Crippen molar-refractivity contribution in [3.05, 3.63) is 64.7 Å². The largest absolute Gasteiger partial charge is 0.489 e. The molecule has 0 aliphatic rings. The molecule has 0 atom stereocenters. The Morgan fingerprint density at radius 1 is 1.04 bits per heavy atom. The molecule has 0 aromatic heterocycles. The van der Waals surface area contributed by atoms with Crippen LogP contribution >= 0.6 is 0 Å². The van der Waals surface area contributed by atoms with Crippen LogP contribution in [0.2, 0.25) is 0 Å². The van der Waals surface area contributed by atoms with E-state index in [4.69, 9.17) is 9.84 Å². The van der Waals surface area contributed by atoms with E-state index in [-0.39, 0.29) is 29.1 Å². The van der Waals surface area contributed by atoms with Crippen LogP contribution in [0.3, 0.4) is 0 Å². The molecule has 2 rings (SSSR count). The zero-order valence-corrected chi connectivity index (χ0v) is 13.2. The van der Waals surface area contributed by atoms with Crippen molar-refractivity contribution >= 4 is 17.7 Å². The summed E-state index contributed by atoms with van der Waals surface area (Å²) in [6.07, 6.45) is 0. The molecule has 0 bridgehead atoms. The van der Waals surface area contributed by atoms with Crippen molar-refractivity contribution < 1.29 is 29.0 Å². The lowest BCUT2D eigenvalue weighted by Crippen LogP contribution is -2.09. The molecule has 0 heterocycles. The predicted molar refractivity (Wildman–Crippen MR) is 85.5 cm³/mol. The van der Waals surface area contributed by atoms with Crippen LogP contribution in [0.25, 0.3) is 0 Å². The Bertz CT molecular complexity index is 794. The first-order valence-electron chi connectivity index (χ1n) is 7.10. The monoisotopic (exact) mass is 328 g/mol. The summed E-state index contributed by atoms with van der Waals surface area (Å²) in [7, 11) is 1.23. The maximum atomic E-state index is 11.8. The fraction of sp³-hybridized carbons (Fsp3) is 0.167. The quantitative estimate of drug-likeness (QED) is 0.648. The Morgan fingerprint density at radius 2 is 1.79 bits per heavy atom. The van der Waals surface area contributed by atoms with Crippen molar-refractivity contribution in [1.82, 2.24) is 0 Å². The Balaban J connectivity index is 2.21. The third-order valence-electron chi connectivity index (χ3n) is 3.36. The third-order valence-corrected chi connectivity index (χ3v) is 3.36. The summed E-state index contributed by atoms with van der Waals surface area (Å²) in [5.74, 6) is -1.52. The molecule has 0 aliphatic carbocycles. The van der Waals surface area contributed by atoms with Gasteiger partial charge in [0.05, 0.1) is 18.2 Å². The molecule has 0 unspecified atom stereocenters. The molecule has 0 saturated carbocycles. The molecular weight excluding hydrogens is 312 g/mol. The third kappa shape index (κ3) is 3.98. The number of carbonyl (C=O) groups excluding carboxylic acids is 2. The summed E-state index contributed by atoms with van der Waals surface area (Å²) >= 11 is 0.